The fourth-order valence-electron chi connectivity index (χ4n) is 1.62. The van der Waals surface area contributed by atoms with Crippen LogP contribution in [-0.4, -0.2) is 25.0 Å². The van der Waals surface area contributed by atoms with Gasteiger partial charge in [-0.2, -0.15) is 5.53 Å². The van der Waals surface area contributed by atoms with Crippen molar-refractivity contribution in [1.82, 2.24) is 16.4 Å². The van der Waals surface area contributed by atoms with Gasteiger partial charge in [0.1, 0.15) is 11.1 Å². The molecule has 18 heavy (non-hydrogen) atoms. The van der Waals surface area contributed by atoms with Gasteiger partial charge in [-0.1, -0.05) is 18.2 Å². The van der Waals surface area contributed by atoms with E-state index in [1.54, 1.807) is 18.2 Å². The molecule has 0 aliphatic carbocycles. The Bertz CT molecular complexity index is 427. The second-order valence-corrected chi connectivity index (χ2v) is 5.01. The average molecular weight is 271 g/mol. The highest BCUT2D eigenvalue weighted by Crippen LogP contribution is 2.34. The Hall–Kier alpha value is -1.15. The van der Waals surface area contributed by atoms with Gasteiger partial charge in [-0.05, 0) is 6.07 Å². The lowest BCUT2D eigenvalue weighted by Crippen LogP contribution is -2.32. The van der Waals surface area contributed by atoms with Crippen LogP contribution in [-0.2, 0) is 9.53 Å². The van der Waals surface area contributed by atoms with Crippen molar-refractivity contribution >= 4 is 17.7 Å². The van der Waals surface area contributed by atoms with E-state index < -0.39 is 17.0 Å². The molecule has 0 amide bonds. The number of carbonyl (C=O) groups excluding carboxylic acids is 1. The van der Waals surface area contributed by atoms with Crippen LogP contribution in [0.4, 0.5) is 4.39 Å². The molecule has 98 valence electrons. The zero-order chi connectivity index (χ0) is 13.0. The second-order valence-electron chi connectivity index (χ2n) is 3.70. The Morgan fingerprint density at radius 3 is 2.94 bits per heavy atom. The molecule has 1 aliphatic heterocycles. The van der Waals surface area contributed by atoms with Crippen LogP contribution in [0.25, 0.3) is 0 Å². The molecular formula is C11H14FN3O2S. The third-order valence-corrected chi connectivity index (χ3v) is 3.84. The number of hydrogen-bond acceptors (Lipinski definition) is 6. The van der Waals surface area contributed by atoms with Crippen molar-refractivity contribution < 1.29 is 13.9 Å². The third-order valence-electron chi connectivity index (χ3n) is 2.51. The summed E-state index contributed by atoms with van der Waals surface area (Å²) in [6, 6.07) is 6.23. The van der Waals surface area contributed by atoms with Crippen molar-refractivity contribution in [2.24, 2.45) is 0 Å². The predicted octanol–water partition coefficient (Wildman–Crippen LogP) is 0.712. The zero-order valence-electron chi connectivity index (χ0n) is 9.77. The zero-order valence-corrected chi connectivity index (χ0v) is 10.6. The van der Waals surface area contributed by atoms with Gasteiger partial charge in [0.15, 0.2) is 0 Å². The van der Waals surface area contributed by atoms with E-state index in [0.717, 1.165) is 0 Å². The first-order valence-corrected chi connectivity index (χ1v) is 6.37. The molecule has 2 atom stereocenters. The number of thioether (sulfide) groups is 1. The Morgan fingerprint density at radius 2 is 2.33 bits per heavy atom. The summed E-state index contributed by atoms with van der Waals surface area (Å²) in [5.74, 6) is -0.863. The molecule has 5 nitrogen and oxygen atoms in total. The first-order valence-electron chi connectivity index (χ1n) is 5.43. The Balaban J connectivity index is 2.19. The summed E-state index contributed by atoms with van der Waals surface area (Å²) < 4.78 is 18.5. The van der Waals surface area contributed by atoms with E-state index in [1.807, 2.05) is 0 Å². The molecule has 1 fully saturated rings. The molecule has 1 aliphatic rings. The molecule has 1 aromatic carbocycles. The molecule has 1 saturated heterocycles. The molecule has 2 unspecified atom stereocenters. The van der Waals surface area contributed by atoms with Crippen LogP contribution in [0.1, 0.15) is 10.8 Å². The normalized spacial score (nSPS) is 20.7. The predicted molar refractivity (Wildman–Crippen MR) is 66.8 cm³/mol. The van der Waals surface area contributed by atoms with E-state index in [4.69, 9.17) is 4.74 Å². The van der Waals surface area contributed by atoms with Crippen molar-refractivity contribution in [3.63, 3.8) is 0 Å². The van der Waals surface area contributed by atoms with Crippen molar-refractivity contribution in [2.75, 3.05) is 13.7 Å². The molecule has 2 rings (SSSR count). The first kappa shape index (κ1) is 13.3. The van der Waals surface area contributed by atoms with Gasteiger partial charge in [-0.3, -0.25) is 4.79 Å². The van der Waals surface area contributed by atoms with Crippen LogP contribution in [0.15, 0.2) is 24.3 Å². The highest BCUT2D eigenvalue weighted by atomic mass is 32.2. The molecule has 7 heteroatoms. The van der Waals surface area contributed by atoms with E-state index >= 15 is 0 Å². The summed E-state index contributed by atoms with van der Waals surface area (Å²) >= 11 is 1.30. The lowest BCUT2D eigenvalue weighted by molar-refractivity contribution is -0.140. The molecule has 0 aromatic heterocycles. The number of esters is 1. The van der Waals surface area contributed by atoms with Crippen LogP contribution in [0.3, 0.4) is 0 Å². The SMILES string of the molecule is COC(=O)C(SC1CNNN1)c1ccccc1F. The number of benzene rings is 1. The van der Waals surface area contributed by atoms with Gasteiger partial charge in [0, 0.05) is 12.1 Å². The van der Waals surface area contributed by atoms with Gasteiger partial charge in [-0.25, -0.2) is 15.2 Å². The topological polar surface area (TPSA) is 62.4 Å². The number of carbonyl (C=O) groups is 1. The summed E-state index contributed by atoms with van der Waals surface area (Å²) in [5.41, 5.74) is 8.87. The Morgan fingerprint density at radius 1 is 1.56 bits per heavy atom. The van der Waals surface area contributed by atoms with Crippen LogP contribution in [0.2, 0.25) is 0 Å². The van der Waals surface area contributed by atoms with Crippen LogP contribution >= 0.6 is 11.8 Å². The molecule has 1 heterocycles. The van der Waals surface area contributed by atoms with E-state index in [0.29, 0.717) is 12.1 Å². The highest BCUT2D eigenvalue weighted by Gasteiger charge is 2.29. The maximum atomic E-state index is 13.7. The molecule has 1 aromatic rings. The minimum Gasteiger partial charge on any atom is -0.468 e. The fraction of sp³-hybridized carbons (Fsp3) is 0.364. The lowest BCUT2D eigenvalue weighted by atomic mass is 10.1. The van der Waals surface area contributed by atoms with Gasteiger partial charge < -0.3 is 4.74 Å². The first-order chi connectivity index (χ1) is 8.72. The van der Waals surface area contributed by atoms with E-state index in [-0.39, 0.29) is 5.37 Å². The number of halogens is 1. The number of nitrogens with one attached hydrogen (secondary N) is 3. The number of hydrogen-bond donors (Lipinski definition) is 3. The summed E-state index contributed by atoms with van der Waals surface area (Å²) in [6.07, 6.45) is 0. The van der Waals surface area contributed by atoms with Gasteiger partial charge >= 0.3 is 5.97 Å². The number of ether oxygens (including phenoxy) is 1. The van der Waals surface area contributed by atoms with Gasteiger partial charge in [-0.15, -0.1) is 11.8 Å². The minimum absolute atomic E-state index is 0.0336. The van der Waals surface area contributed by atoms with Crippen molar-refractivity contribution in [3.05, 3.63) is 35.6 Å². The summed E-state index contributed by atoms with van der Waals surface area (Å²) in [6.45, 7) is 0.632. The third kappa shape index (κ3) is 2.99. The quantitative estimate of drug-likeness (QED) is 0.701. The molecular weight excluding hydrogens is 257 g/mol. The van der Waals surface area contributed by atoms with Crippen LogP contribution in [0.5, 0.6) is 0 Å². The Kier molecular flexibility index (Phi) is 4.54. The van der Waals surface area contributed by atoms with Gasteiger partial charge in [0.25, 0.3) is 0 Å². The van der Waals surface area contributed by atoms with Crippen LogP contribution < -0.4 is 16.4 Å². The molecule has 0 saturated carbocycles. The van der Waals surface area contributed by atoms with Crippen LogP contribution in [0, 0.1) is 5.82 Å². The molecule has 0 radical (unpaired) electrons. The maximum absolute atomic E-state index is 13.7. The molecule has 0 bridgehead atoms. The van der Waals surface area contributed by atoms with Gasteiger partial charge in [0.2, 0.25) is 0 Å². The molecule has 0 spiro atoms. The average Bonchev–Trinajstić information content (AvgIpc) is 2.89. The van der Waals surface area contributed by atoms with E-state index in [1.165, 1.54) is 24.9 Å². The summed E-state index contributed by atoms with van der Waals surface area (Å²) in [5, 5.41) is -0.718. The second kappa shape index (κ2) is 6.14. The monoisotopic (exact) mass is 271 g/mol. The largest absolute Gasteiger partial charge is 0.468 e. The summed E-state index contributed by atoms with van der Waals surface area (Å²) in [4.78, 5) is 11.8. The lowest BCUT2D eigenvalue weighted by Gasteiger charge is -2.18. The van der Waals surface area contributed by atoms with E-state index in [9.17, 15) is 9.18 Å². The van der Waals surface area contributed by atoms with Crippen molar-refractivity contribution in [2.45, 2.75) is 10.6 Å². The number of hydrazine groups is 2. The highest BCUT2D eigenvalue weighted by molar-refractivity contribution is 8.00. The number of rotatable bonds is 4. The standard InChI is InChI=1S/C11H14FN3O2S/c1-17-11(16)10(18-9-6-13-15-14-9)7-4-2-3-5-8(7)12/h2-5,9-10,13-15H,6H2,1H3. The minimum atomic E-state index is -0.685. The maximum Gasteiger partial charge on any atom is 0.323 e. The summed E-state index contributed by atoms with van der Waals surface area (Å²) in [7, 11) is 1.30. The van der Waals surface area contributed by atoms with Crippen molar-refractivity contribution in [3.8, 4) is 0 Å². The van der Waals surface area contributed by atoms with E-state index in [2.05, 4.69) is 16.4 Å². The van der Waals surface area contributed by atoms with Gasteiger partial charge in [0.05, 0.1) is 12.5 Å². The fourth-order valence-corrected chi connectivity index (χ4v) is 2.80. The number of methoxy groups -OCH3 is 1. The molecule has 3 N–H and O–H groups in total. The smallest absolute Gasteiger partial charge is 0.323 e. The van der Waals surface area contributed by atoms with Crippen molar-refractivity contribution in [1.29, 1.82) is 0 Å². The Labute approximate surface area is 108 Å².